The van der Waals surface area contributed by atoms with E-state index in [0.717, 1.165) is 11.9 Å². The lowest BCUT2D eigenvalue weighted by Crippen LogP contribution is -2.45. The van der Waals surface area contributed by atoms with Crippen molar-refractivity contribution in [1.82, 2.24) is 19.8 Å². The Kier molecular flexibility index (Phi) is 5.29. The number of benzene rings is 1. The molecule has 0 aliphatic carbocycles. The summed E-state index contributed by atoms with van der Waals surface area (Å²) in [6.07, 6.45) is 1.74. The van der Waals surface area contributed by atoms with E-state index in [0.29, 0.717) is 25.2 Å². The van der Waals surface area contributed by atoms with E-state index in [1.165, 1.54) is 32.9 Å². The predicted octanol–water partition coefficient (Wildman–Crippen LogP) is 2.02. The molecule has 2 heterocycles. The van der Waals surface area contributed by atoms with Crippen LogP contribution in [0.4, 0.5) is 0 Å². The Labute approximate surface area is 171 Å². The fourth-order valence-corrected chi connectivity index (χ4v) is 3.88. The monoisotopic (exact) mass is 418 g/mol. The Hall–Kier alpha value is -2.68. The Morgan fingerprint density at radius 1 is 1.03 bits per heavy atom. The number of carbonyl (C=O) groups excluding carboxylic acids is 2. The second kappa shape index (κ2) is 7.29. The highest BCUT2D eigenvalue weighted by Gasteiger charge is 2.34. The molecule has 1 fully saturated rings. The van der Waals surface area contributed by atoms with Gasteiger partial charge < -0.3 is 0 Å². The molecule has 1 saturated heterocycles. The quantitative estimate of drug-likeness (QED) is 0.760. The molecule has 2 amide bonds. The van der Waals surface area contributed by atoms with Crippen LogP contribution in [0.3, 0.4) is 0 Å². The van der Waals surface area contributed by atoms with Crippen molar-refractivity contribution in [2.75, 3.05) is 19.3 Å². The molecular formula is C20H26N4O4S. The molecule has 0 radical (unpaired) electrons. The maximum atomic E-state index is 13.2. The van der Waals surface area contributed by atoms with Gasteiger partial charge in [-0.3, -0.25) is 14.3 Å². The SMILES string of the molecule is Cn1nc(C(C)(C)C)cc1C(=O)N1CCCN1C(=O)c1cccc(S(C)(=O)=O)c1. The summed E-state index contributed by atoms with van der Waals surface area (Å²) in [5.41, 5.74) is 1.22. The zero-order valence-corrected chi connectivity index (χ0v) is 18.2. The third-order valence-electron chi connectivity index (χ3n) is 4.88. The van der Waals surface area contributed by atoms with Crippen LogP contribution >= 0.6 is 0 Å². The molecular weight excluding hydrogens is 392 g/mol. The van der Waals surface area contributed by atoms with Crippen molar-refractivity contribution in [3.05, 3.63) is 47.3 Å². The molecule has 8 nitrogen and oxygen atoms in total. The Bertz CT molecular complexity index is 1070. The van der Waals surface area contributed by atoms with E-state index in [9.17, 15) is 18.0 Å². The summed E-state index contributed by atoms with van der Waals surface area (Å²) < 4.78 is 25.2. The number of amides is 2. The van der Waals surface area contributed by atoms with E-state index in [2.05, 4.69) is 5.10 Å². The first-order valence-corrected chi connectivity index (χ1v) is 11.3. The summed E-state index contributed by atoms with van der Waals surface area (Å²) in [4.78, 5) is 26.3. The zero-order chi connectivity index (χ0) is 21.6. The zero-order valence-electron chi connectivity index (χ0n) is 17.3. The van der Waals surface area contributed by atoms with Crippen LogP contribution in [0.2, 0.25) is 0 Å². The Morgan fingerprint density at radius 2 is 1.66 bits per heavy atom. The van der Waals surface area contributed by atoms with E-state index in [-0.39, 0.29) is 21.8 Å². The lowest BCUT2D eigenvalue weighted by Gasteiger charge is -2.28. The van der Waals surface area contributed by atoms with Crippen LogP contribution in [0.25, 0.3) is 0 Å². The second-order valence-electron chi connectivity index (χ2n) is 8.30. The molecule has 156 valence electrons. The Morgan fingerprint density at radius 3 is 2.21 bits per heavy atom. The fourth-order valence-electron chi connectivity index (χ4n) is 3.21. The van der Waals surface area contributed by atoms with E-state index in [1.807, 2.05) is 20.8 Å². The summed E-state index contributed by atoms with van der Waals surface area (Å²) >= 11 is 0. The second-order valence-corrected chi connectivity index (χ2v) is 10.3. The van der Waals surface area contributed by atoms with Gasteiger partial charge in [0, 0.05) is 37.4 Å². The first kappa shape index (κ1) is 21.0. The number of rotatable bonds is 3. The van der Waals surface area contributed by atoms with Crippen molar-refractivity contribution < 1.29 is 18.0 Å². The summed E-state index contributed by atoms with van der Waals surface area (Å²) in [6, 6.07) is 7.64. The van der Waals surface area contributed by atoms with Crippen LogP contribution in [-0.4, -0.2) is 59.4 Å². The lowest BCUT2D eigenvalue weighted by atomic mass is 9.92. The molecule has 9 heteroatoms. The third-order valence-corrected chi connectivity index (χ3v) is 5.99. The standard InChI is InChI=1S/C20H26N4O4S/c1-20(2,3)17-13-16(22(4)21-17)19(26)24-11-7-10-23(24)18(25)14-8-6-9-15(12-14)29(5,27)28/h6,8-9,12-13H,7,10-11H2,1-5H3. The van der Waals surface area contributed by atoms with E-state index in [4.69, 9.17) is 0 Å². The van der Waals surface area contributed by atoms with Gasteiger partial charge in [-0.15, -0.1) is 0 Å². The van der Waals surface area contributed by atoms with E-state index in [1.54, 1.807) is 19.2 Å². The highest BCUT2D eigenvalue weighted by Crippen LogP contribution is 2.24. The van der Waals surface area contributed by atoms with Crippen LogP contribution in [0, 0.1) is 0 Å². The first-order chi connectivity index (χ1) is 13.4. The van der Waals surface area contributed by atoms with Gasteiger partial charge in [-0.2, -0.15) is 5.10 Å². The van der Waals surface area contributed by atoms with Crippen molar-refractivity contribution in [1.29, 1.82) is 0 Å². The highest BCUT2D eigenvalue weighted by molar-refractivity contribution is 7.90. The normalized spacial score (nSPS) is 15.1. The van der Waals surface area contributed by atoms with Crippen LogP contribution in [0.15, 0.2) is 35.2 Å². The molecule has 1 aliphatic heterocycles. The summed E-state index contributed by atoms with van der Waals surface area (Å²) in [5, 5.41) is 7.24. The Balaban J connectivity index is 1.90. The minimum atomic E-state index is -3.43. The average molecular weight is 419 g/mol. The highest BCUT2D eigenvalue weighted by atomic mass is 32.2. The van der Waals surface area contributed by atoms with Crippen LogP contribution in [0.5, 0.6) is 0 Å². The molecule has 0 atom stereocenters. The maximum Gasteiger partial charge on any atom is 0.290 e. The lowest BCUT2D eigenvalue weighted by molar-refractivity contribution is 0.0179. The molecule has 29 heavy (non-hydrogen) atoms. The molecule has 1 aromatic heterocycles. The molecule has 1 aliphatic rings. The predicted molar refractivity (Wildman–Crippen MR) is 108 cm³/mol. The minimum absolute atomic E-state index is 0.0712. The van der Waals surface area contributed by atoms with E-state index < -0.39 is 15.7 Å². The molecule has 0 spiro atoms. The van der Waals surface area contributed by atoms with Gasteiger partial charge in [0.1, 0.15) is 5.69 Å². The van der Waals surface area contributed by atoms with Crippen molar-refractivity contribution in [2.45, 2.75) is 37.5 Å². The molecule has 0 saturated carbocycles. The van der Waals surface area contributed by atoms with Gasteiger partial charge >= 0.3 is 0 Å². The number of sulfone groups is 1. The summed E-state index contributed by atoms with van der Waals surface area (Å²) in [7, 11) is -1.73. The molecule has 2 aromatic rings. The van der Waals surface area contributed by atoms with Gasteiger partial charge in [-0.05, 0) is 30.7 Å². The minimum Gasteiger partial charge on any atom is -0.267 e. The van der Waals surface area contributed by atoms with Crippen molar-refractivity contribution in [3.63, 3.8) is 0 Å². The van der Waals surface area contributed by atoms with Gasteiger partial charge in [0.05, 0.1) is 10.6 Å². The fraction of sp³-hybridized carbons (Fsp3) is 0.450. The number of hydrogen-bond acceptors (Lipinski definition) is 5. The van der Waals surface area contributed by atoms with Crippen LogP contribution in [-0.2, 0) is 22.3 Å². The topological polar surface area (TPSA) is 92.6 Å². The average Bonchev–Trinajstić information content (AvgIpc) is 3.26. The van der Waals surface area contributed by atoms with Gasteiger partial charge in [0.15, 0.2) is 9.84 Å². The van der Waals surface area contributed by atoms with Crippen LogP contribution < -0.4 is 0 Å². The first-order valence-electron chi connectivity index (χ1n) is 9.38. The van der Waals surface area contributed by atoms with Gasteiger partial charge in [-0.25, -0.2) is 18.4 Å². The maximum absolute atomic E-state index is 13.2. The number of hydrogen-bond donors (Lipinski definition) is 0. The van der Waals surface area contributed by atoms with Gasteiger partial charge in [0.25, 0.3) is 11.8 Å². The van der Waals surface area contributed by atoms with Crippen molar-refractivity contribution in [3.8, 4) is 0 Å². The molecule has 3 rings (SSSR count). The number of carbonyl (C=O) groups is 2. The van der Waals surface area contributed by atoms with Gasteiger partial charge in [-0.1, -0.05) is 26.8 Å². The van der Waals surface area contributed by atoms with Crippen molar-refractivity contribution >= 4 is 21.7 Å². The van der Waals surface area contributed by atoms with Crippen molar-refractivity contribution in [2.24, 2.45) is 7.05 Å². The van der Waals surface area contributed by atoms with E-state index >= 15 is 0 Å². The number of aryl methyl sites for hydroxylation is 1. The summed E-state index contributed by atoms with van der Waals surface area (Å²) in [5.74, 6) is -0.708. The number of aromatic nitrogens is 2. The molecule has 0 N–H and O–H groups in total. The molecule has 0 bridgehead atoms. The summed E-state index contributed by atoms with van der Waals surface area (Å²) in [6.45, 7) is 6.85. The largest absolute Gasteiger partial charge is 0.290 e. The van der Waals surface area contributed by atoms with Crippen LogP contribution in [0.1, 0.15) is 53.7 Å². The number of nitrogens with zero attached hydrogens (tertiary/aromatic N) is 4. The smallest absolute Gasteiger partial charge is 0.267 e. The third kappa shape index (κ3) is 4.19. The molecule has 1 aromatic carbocycles. The van der Waals surface area contributed by atoms with Gasteiger partial charge in [0.2, 0.25) is 0 Å². The number of hydrazine groups is 1. The molecule has 0 unspecified atom stereocenters.